The summed E-state index contributed by atoms with van der Waals surface area (Å²) in [6.07, 6.45) is 6.98. The first kappa shape index (κ1) is 60.3. The summed E-state index contributed by atoms with van der Waals surface area (Å²) >= 11 is 0. The Balaban J connectivity index is 0.000000172. The minimum absolute atomic E-state index is 0.0383. The molecule has 410 valence electrons. The highest BCUT2D eigenvalue weighted by Crippen LogP contribution is 2.31. The van der Waals surface area contributed by atoms with Gasteiger partial charge in [-0.15, -0.1) is 0 Å². The minimum atomic E-state index is -0.283. The lowest BCUT2D eigenvalue weighted by atomic mass is 9.95. The van der Waals surface area contributed by atoms with Crippen molar-refractivity contribution in [2.24, 2.45) is 5.41 Å². The third-order valence-electron chi connectivity index (χ3n) is 14.7. The molecular formula is C60H94F2N10O2. The van der Waals surface area contributed by atoms with Crippen LogP contribution in [0.25, 0.3) is 0 Å². The molecule has 8 heterocycles. The molecule has 9 rings (SSSR count). The summed E-state index contributed by atoms with van der Waals surface area (Å²) in [7, 11) is 0. The van der Waals surface area contributed by atoms with Gasteiger partial charge in [0.15, 0.2) is 0 Å². The molecule has 5 aliphatic rings. The van der Waals surface area contributed by atoms with Crippen molar-refractivity contribution in [3.63, 3.8) is 0 Å². The van der Waals surface area contributed by atoms with Crippen molar-refractivity contribution in [3.05, 3.63) is 118 Å². The Morgan fingerprint density at radius 2 is 1.07 bits per heavy atom. The highest BCUT2D eigenvalue weighted by molar-refractivity contribution is 5.94. The summed E-state index contributed by atoms with van der Waals surface area (Å²) < 4.78 is 26.3. The van der Waals surface area contributed by atoms with Gasteiger partial charge in [0.05, 0.1) is 17.6 Å². The monoisotopic (exact) mass is 1020 g/mol. The van der Waals surface area contributed by atoms with Crippen LogP contribution in [0.3, 0.4) is 0 Å². The number of nitrogens with one attached hydrogen (secondary N) is 3. The van der Waals surface area contributed by atoms with Crippen molar-refractivity contribution in [2.45, 2.75) is 217 Å². The first-order valence-electron chi connectivity index (χ1n) is 26.9. The van der Waals surface area contributed by atoms with Gasteiger partial charge in [-0.3, -0.25) is 44.1 Å². The first-order valence-corrected chi connectivity index (χ1v) is 26.9. The molecule has 3 aromatic heterocycles. The Hall–Kier alpha value is -4.60. The molecular weight excluding hydrogens is 931 g/mol. The molecule has 1 aromatic carbocycles. The zero-order valence-electron chi connectivity index (χ0n) is 48.7. The summed E-state index contributed by atoms with van der Waals surface area (Å²) in [5.41, 5.74) is 7.90. The molecule has 2 fully saturated rings. The summed E-state index contributed by atoms with van der Waals surface area (Å²) in [6, 6.07) is 15.2. The molecule has 5 aliphatic heterocycles. The lowest BCUT2D eigenvalue weighted by molar-refractivity contribution is -0.129. The van der Waals surface area contributed by atoms with Gasteiger partial charge < -0.3 is 15.6 Å². The average molecular weight is 1030 g/mol. The maximum absolute atomic E-state index is 13.4. The smallest absolute Gasteiger partial charge is 0.251 e. The number of carbonyl (C=O) groups is 2. The quantitative estimate of drug-likeness (QED) is 0.184. The Kier molecular flexibility index (Phi) is 19.7. The number of aromatic nitrogens is 3. The van der Waals surface area contributed by atoms with Crippen LogP contribution in [0.1, 0.15) is 182 Å². The fourth-order valence-corrected chi connectivity index (χ4v) is 9.31. The van der Waals surface area contributed by atoms with E-state index < -0.39 is 0 Å². The van der Waals surface area contributed by atoms with Gasteiger partial charge in [-0.2, -0.15) is 0 Å². The minimum Gasteiger partial charge on any atom is -0.364 e. The highest BCUT2D eigenvalue weighted by Gasteiger charge is 2.35. The number of aromatic amines is 1. The normalized spacial score (nSPS) is 19.6. The molecule has 3 N–H and O–H groups in total. The number of benzene rings is 1. The Bertz CT molecular complexity index is 2430. The van der Waals surface area contributed by atoms with E-state index in [9.17, 15) is 18.4 Å². The predicted octanol–water partition coefficient (Wildman–Crippen LogP) is 11.1. The maximum atomic E-state index is 13.4. The van der Waals surface area contributed by atoms with Crippen LogP contribution in [-0.4, -0.2) is 117 Å². The second-order valence-corrected chi connectivity index (χ2v) is 26.8. The molecule has 2 atom stereocenters. The van der Waals surface area contributed by atoms with E-state index in [2.05, 4.69) is 160 Å². The number of halogens is 2. The van der Waals surface area contributed by atoms with E-state index in [4.69, 9.17) is 0 Å². The SMILES string of the molecule is CC(C)(C)C(=O)N[C@@H]1CCN(C(C)(C)C)C1.CC(C)(C)N1CC[C@H](NC(=O)c2ccccc2)C1.CC(C)(C)N1Cc2cc(F)cnc2C1.CC(C)(C)N1Cc2cc[nH]c2C1.CC(C)(C)N1Cc2nccc(F)c2C1. The standard InChI is InChI=1S/C15H22N2O.C13H26N2O.2C11H15FN2.C10H16N2/c1-15(2,3)17-10-9-13(11-17)16-14(18)12-7-5-4-6-8-12;1-12(2,3)11(16)14-10-7-8-15(9-10)13(4,5)6;1-11(2,3)14-6-8-4-9(12)5-13-10(8)7-14;1-11(2,3)14-6-8-9(12)4-5-13-10(8)7-14;1-10(2,3)12-6-8-4-5-11-9(8)7-12/h4-8,13H,9-11H2,1-3H3,(H,16,18);10H,7-9H2,1-6H3,(H,14,16);2*4-5H,6-7H2,1-3H3;4-5,11H,6-7H2,1-3H3/t13-;10-;;;/m01.../s1. The Labute approximate surface area is 444 Å². The number of rotatable bonds is 3. The number of likely N-dealkylation sites (tertiary alicyclic amines) is 2. The van der Waals surface area contributed by atoms with Crippen molar-refractivity contribution in [3.8, 4) is 0 Å². The Morgan fingerprint density at radius 3 is 1.57 bits per heavy atom. The van der Waals surface area contributed by atoms with E-state index in [0.717, 1.165) is 99.8 Å². The molecule has 0 unspecified atom stereocenters. The molecule has 0 radical (unpaired) electrons. The van der Waals surface area contributed by atoms with Crippen LogP contribution in [0.15, 0.2) is 67.1 Å². The van der Waals surface area contributed by atoms with Gasteiger partial charge in [-0.1, -0.05) is 39.0 Å². The van der Waals surface area contributed by atoms with Gasteiger partial charge in [-0.05, 0) is 158 Å². The third-order valence-corrected chi connectivity index (χ3v) is 14.7. The van der Waals surface area contributed by atoms with Crippen molar-refractivity contribution in [1.82, 2.24) is 50.1 Å². The van der Waals surface area contributed by atoms with E-state index in [-0.39, 0.29) is 57.1 Å². The van der Waals surface area contributed by atoms with E-state index in [0.29, 0.717) is 18.1 Å². The van der Waals surface area contributed by atoms with Gasteiger partial charge in [0.2, 0.25) is 5.91 Å². The molecule has 0 spiro atoms. The topological polar surface area (TPSA) is 116 Å². The van der Waals surface area contributed by atoms with E-state index in [1.54, 1.807) is 12.3 Å². The fraction of sp³-hybridized carbons (Fsp3) is 0.633. The number of hydrogen-bond acceptors (Lipinski definition) is 9. The lowest BCUT2D eigenvalue weighted by Crippen LogP contribution is -2.45. The summed E-state index contributed by atoms with van der Waals surface area (Å²) in [6.45, 7) is 48.2. The third kappa shape index (κ3) is 17.5. The number of amides is 2. The van der Waals surface area contributed by atoms with Crippen LogP contribution in [0, 0.1) is 17.0 Å². The van der Waals surface area contributed by atoms with Crippen LogP contribution in [0.4, 0.5) is 8.78 Å². The van der Waals surface area contributed by atoms with Crippen LogP contribution in [0.5, 0.6) is 0 Å². The summed E-state index contributed by atoms with van der Waals surface area (Å²) in [5, 5.41) is 6.26. The fourth-order valence-electron chi connectivity index (χ4n) is 9.31. The average Bonchev–Trinajstić information content (AvgIpc) is 4.14. The van der Waals surface area contributed by atoms with Crippen molar-refractivity contribution in [2.75, 3.05) is 26.2 Å². The number of carbonyl (C=O) groups excluding carboxylic acids is 2. The molecule has 2 saturated heterocycles. The van der Waals surface area contributed by atoms with Crippen LogP contribution in [0.2, 0.25) is 0 Å². The van der Waals surface area contributed by atoms with Crippen molar-refractivity contribution >= 4 is 11.8 Å². The zero-order chi connectivity index (χ0) is 55.2. The Morgan fingerprint density at radius 1 is 0.568 bits per heavy atom. The summed E-state index contributed by atoms with van der Waals surface area (Å²) in [4.78, 5) is 47.3. The second-order valence-electron chi connectivity index (χ2n) is 26.8. The van der Waals surface area contributed by atoms with E-state index in [1.807, 2.05) is 57.3 Å². The summed E-state index contributed by atoms with van der Waals surface area (Å²) in [5.74, 6) is -0.161. The number of hydrogen-bond donors (Lipinski definition) is 3. The molecule has 2 amide bonds. The number of nitrogens with zero attached hydrogens (tertiary/aromatic N) is 7. The van der Waals surface area contributed by atoms with Gasteiger partial charge in [-0.25, -0.2) is 8.78 Å². The lowest BCUT2D eigenvalue weighted by Gasteiger charge is -2.32. The van der Waals surface area contributed by atoms with E-state index >= 15 is 0 Å². The molecule has 4 aromatic rings. The van der Waals surface area contributed by atoms with Crippen LogP contribution in [-0.2, 0) is 44.1 Å². The predicted molar refractivity (Wildman–Crippen MR) is 297 cm³/mol. The molecule has 0 bridgehead atoms. The molecule has 74 heavy (non-hydrogen) atoms. The number of pyridine rings is 2. The van der Waals surface area contributed by atoms with Gasteiger partial charge in [0.1, 0.15) is 11.6 Å². The van der Waals surface area contributed by atoms with E-state index in [1.165, 1.54) is 23.5 Å². The van der Waals surface area contributed by atoms with Crippen LogP contribution < -0.4 is 10.6 Å². The van der Waals surface area contributed by atoms with Gasteiger partial charge in [0, 0.05) is 140 Å². The molecule has 0 saturated carbocycles. The first-order chi connectivity index (χ1) is 34.1. The number of H-pyrrole nitrogens is 1. The van der Waals surface area contributed by atoms with Crippen LogP contribution >= 0.6 is 0 Å². The number of fused-ring (bicyclic) bond motifs is 3. The highest BCUT2D eigenvalue weighted by atomic mass is 19.1. The second kappa shape index (κ2) is 24.2. The molecule has 12 nitrogen and oxygen atoms in total. The van der Waals surface area contributed by atoms with Crippen molar-refractivity contribution < 1.29 is 18.4 Å². The molecule has 14 heteroatoms. The largest absolute Gasteiger partial charge is 0.364 e. The van der Waals surface area contributed by atoms with Gasteiger partial charge >= 0.3 is 0 Å². The zero-order valence-corrected chi connectivity index (χ0v) is 48.7. The maximum Gasteiger partial charge on any atom is 0.251 e. The van der Waals surface area contributed by atoms with Gasteiger partial charge in [0.25, 0.3) is 5.91 Å². The van der Waals surface area contributed by atoms with Crippen molar-refractivity contribution in [1.29, 1.82) is 0 Å². The molecule has 0 aliphatic carbocycles.